The minimum Gasteiger partial charge on any atom is -0.497 e. The van der Waals surface area contributed by atoms with Crippen LogP contribution in [-0.2, 0) is 0 Å². The van der Waals surface area contributed by atoms with Gasteiger partial charge in [0, 0.05) is 5.69 Å². The van der Waals surface area contributed by atoms with Gasteiger partial charge in [-0.15, -0.1) is 6.42 Å². The van der Waals surface area contributed by atoms with Crippen LogP contribution in [-0.4, -0.2) is 13.2 Å². The van der Waals surface area contributed by atoms with Crippen LogP contribution in [0.3, 0.4) is 0 Å². The zero-order valence-electron chi connectivity index (χ0n) is 8.79. The first-order chi connectivity index (χ1) is 6.67. The molecule has 1 rings (SSSR count). The summed E-state index contributed by atoms with van der Waals surface area (Å²) >= 11 is 0. The third-order valence-electron chi connectivity index (χ3n) is 2.06. The van der Waals surface area contributed by atoms with Gasteiger partial charge in [0.25, 0.3) is 0 Å². The summed E-state index contributed by atoms with van der Waals surface area (Å²) in [5, 5.41) is 3.22. The van der Waals surface area contributed by atoms with Crippen LogP contribution in [0.2, 0.25) is 0 Å². The van der Waals surface area contributed by atoms with Crippen molar-refractivity contribution in [3.63, 3.8) is 0 Å². The predicted octanol–water partition coefficient (Wildman–Crippen LogP) is 2.44. The summed E-state index contributed by atoms with van der Waals surface area (Å²) in [6, 6.07) is 5.91. The molecule has 1 N–H and O–H groups in total. The average Bonchev–Trinajstić information content (AvgIpc) is 2.20. The molecule has 74 valence electrons. The maximum absolute atomic E-state index is 5.29. The Kier molecular flexibility index (Phi) is 3.41. The summed E-state index contributed by atoms with van der Waals surface area (Å²) in [7, 11) is 1.66. The molecule has 1 unspecified atom stereocenters. The Hall–Kier alpha value is -1.62. The van der Waals surface area contributed by atoms with E-state index < -0.39 is 0 Å². The molecule has 0 aliphatic rings. The summed E-state index contributed by atoms with van der Waals surface area (Å²) in [6.45, 7) is 3.97. The van der Waals surface area contributed by atoms with Gasteiger partial charge in [-0.2, -0.15) is 0 Å². The molecule has 0 aliphatic heterocycles. The Morgan fingerprint density at radius 3 is 2.71 bits per heavy atom. The maximum atomic E-state index is 5.29. The molecule has 1 atom stereocenters. The van der Waals surface area contributed by atoms with Crippen molar-refractivity contribution in [1.29, 1.82) is 0 Å². The van der Waals surface area contributed by atoms with Gasteiger partial charge in [0.1, 0.15) is 5.75 Å². The summed E-state index contributed by atoms with van der Waals surface area (Å²) in [5.74, 6) is 3.49. The summed E-state index contributed by atoms with van der Waals surface area (Å²) in [4.78, 5) is 0. The lowest BCUT2D eigenvalue weighted by atomic mass is 10.1. The highest BCUT2D eigenvalue weighted by Crippen LogP contribution is 2.21. The van der Waals surface area contributed by atoms with E-state index in [1.165, 1.54) is 0 Å². The normalized spacial score (nSPS) is 11.6. The fourth-order valence-corrected chi connectivity index (χ4v) is 1.20. The first kappa shape index (κ1) is 10.5. The van der Waals surface area contributed by atoms with E-state index in [4.69, 9.17) is 11.2 Å². The zero-order chi connectivity index (χ0) is 10.6. The van der Waals surface area contributed by atoms with E-state index in [-0.39, 0.29) is 6.04 Å². The molecule has 0 aliphatic carbocycles. The van der Waals surface area contributed by atoms with Gasteiger partial charge in [-0.1, -0.05) is 5.92 Å². The molecule has 0 amide bonds. The minimum absolute atomic E-state index is 0.0436. The molecule has 0 fully saturated rings. The van der Waals surface area contributed by atoms with Crippen LogP contribution in [0.5, 0.6) is 5.75 Å². The number of nitrogens with one attached hydrogen (secondary N) is 1. The molecular weight excluding hydrogens is 174 g/mol. The number of benzene rings is 1. The van der Waals surface area contributed by atoms with Gasteiger partial charge in [0.05, 0.1) is 13.2 Å². The summed E-state index contributed by atoms with van der Waals surface area (Å²) in [5.41, 5.74) is 2.18. The third-order valence-corrected chi connectivity index (χ3v) is 2.06. The van der Waals surface area contributed by atoms with Crippen molar-refractivity contribution >= 4 is 5.69 Å². The number of hydrogen-bond donors (Lipinski definition) is 1. The smallest absolute Gasteiger partial charge is 0.119 e. The van der Waals surface area contributed by atoms with Crippen molar-refractivity contribution in [2.75, 3.05) is 12.4 Å². The Morgan fingerprint density at radius 2 is 2.21 bits per heavy atom. The molecule has 0 saturated heterocycles. The van der Waals surface area contributed by atoms with Crippen molar-refractivity contribution in [2.24, 2.45) is 0 Å². The van der Waals surface area contributed by atoms with Gasteiger partial charge in [-0.25, -0.2) is 0 Å². The third kappa shape index (κ3) is 2.43. The molecular formula is C12H15NO. The van der Waals surface area contributed by atoms with Gasteiger partial charge in [0.15, 0.2) is 0 Å². The highest BCUT2D eigenvalue weighted by atomic mass is 16.5. The fourth-order valence-electron chi connectivity index (χ4n) is 1.20. The number of ether oxygens (including phenoxy) is 1. The van der Waals surface area contributed by atoms with Gasteiger partial charge >= 0.3 is 0 Å². The van der Waals surface area contributed by atoms with Crippen molar-refractivity contribution in [3.05, 3.63) is 23.8 Å². The molecule has 14 heavy (non-hydrogen) atoms. The lowest BCUT2D eigenvalue weighted by Crippen LogP contribution is -2.12. The largest absolute Gasteiger partial charge is 0.497 e. The Balaban J connectivity index is 2.85. The van der Waals surface area contributed by atoms with E-state index in [9.17, 15) is 0 Å². The van der Waals surface area contributed by atoms with E-state index in [0.717, 1.165) is 17.0 Å². The van der Waals surface area contributed by atoms with E-state index in [2.05, 4.69) is 11.2 Å². The molecule has 0 aromatic heterocycles. The van der Waals surface area contributed by atoms with Crippen molar-refractivity contribution in [2.45, 2.75) is 19.9 Å². The Labute approximate surface area is 85.3 Å². The maximum Gasteiger partial charge on any atom is 0.119 e. The second-order valence-corrected chi connectivity index (χ2v) is 3.21. The monoisotopic (exact) mass is 189 g/mol. The average molecular weight is 189 g/mol. The first-order valence-electron chi connectivity index (χ1n) is 4.54. The lowest BCUT2D eigenvalue weighted by molar-refractivity contribution is 0.414. The van der Waals surface area contributed by atoms with Crippen molar-refractivity contribution in [3.8, 4) is 18.1 Å². The van der Waals surface area contributed by atoms with Crippen LogP contribution in [0.15, 0.2) is 18.2 Å². The Morgan fingerprint density at radius 1 is 1.50 bits per heavy atom. The molecule has 0 spiro atoms. The van der Waals surface area contributed by atoms with Crippen LogP contribution in [0, 0.1) is 19.3 Å². The topological polar surface area (TPSA) is 21.3 Å². The number of methoxy groups -OCH3 is 1. The minimum atomic E-state index is 0.0436. The summed E-state index contributed by atoms with van der Waals surface area (Å²) in [6.07, 6.45) is 5.29. The van der Waals surface area contributed by atoms with Crippen LogP contribution < -0.4 is 10.1 Å². The SMILES string of the molecule is C#CC(C)Nc1ccc(OC)cc1C. The van der Waals surface area contributed by atoms with Crippen LogP contribution in [0.25, 0.3) is 0 Å². The lowest BCUT2D eigenvalue weighted by Gasteiger charge is -2.12. The van der Waals surface area contributed by atoms with E-state index in [1.54, 1.807) is 7.11 Å². The summed E-state index contributed by atoms with van der Waals surface area (Å²) < 4.78 is 5.11. The number of anilines is 1. The van der Waals surface area contributed by atoms with E-state index in [1.807, 2.05) is 32.0 Å². The fraction of sp³-hybridized carbons (Fsp3) is 0.333. The zero-order valence-corrected chi connectivity index (χ0v) is 8.79. The molecule has 0 bridgehead atoms. The molecule has 2 nitrogen and oxygen atoms in total. The van der Waals surface area contributed by atoms with E-state index >= 15 is 0 Å². The number of terminal acetylenes is 1. The molecule has 1 aromatic rings. The second kappa shape index (κ2) is 4.57. The standard InChI is InChI=1S/C12H15NO/c1-5-10(3)13-12-7-6-11(14-4)8-9(12)2/h1,6-8,10,13H,2-4H3. The van der Waals surface area contributed by atoms with Crippen LogP contribution in [0.4, 0.5) is 5.69 Å². The predicted molar refractivity (Wildman–Crippen MR) is 59.6 cm³/mol. The second-order valence-electron chi connectivity index (χ2n) is 3.21. The number of aryl methyl sites for hydroxylation is 1. The van der Waals surface area contributed by atoms with Gasteiger partial charge in [-0.3, -0.25) is 0 Å². The molecule has 1 aromatic carbocycles. The van der Waals surface area contributed by atoms with Crippen LogP contribution in [0.1, 0.15) is 12.5 Å². The molecule has 0 radical (unpaired) electrons. The van der Waals surface area contributed by atoms with E-state index in [0.29, 0.717) is 0 Å². The van der Waals surface area contributed by atoms with Gasteiger partial charge in [-0.05, 0) is 37.6 Å². The van der Waals surface area contributed by atoms with Gasteiger partial charge in [0.2, 0.25) is 0 Å². The number of rotatable bonds is 3. The highest BCUT2D eigenvalue weighted by molar-refractivity contribution is 5.54. The highest BCUT2D eigenvalue weighted by Gasteiger charge is 2.02. The van der Waals surface area contributed by atoms with Gasteiger partial charge < -0.3 is 10.1 Å². The Bertz CT molecular complexity index is 352. The van der Waals surface area contributed by atoms with Crippen LogP contribution >= 0.6 is 0 Å². The van der Waals surface area contributed by atoms with Crippen molar-refractivity contribution < 1.29 is 4.74 Å². The molecule has 2 heteroatoms. The molecule has 0 heterocycles. The molecule has 0 saturated carbocycles. The number of hydrogen-bond acceptors (Lipinski definition) is 2. The first-order valence-corrected chi connectivity index (χ1v) is 4.54. The quantitative estimate of drug-likeness (QED) is 0.737. The van der Waals surface area contributed by atoms with Crippen molar-refractivity contribution in [1.82, 2.24) is 0 Å².